The number of hydrogen-bond acceptors (Lipinski definition) is 3. The normalized spacial score (nSPS) is 11.1. The first-order valence-corrected chi connectivity index (χ1v) is 10.3. The molecule has 0 unspecified atom stereocenters. The predicted molar refractivity (Wildman–Crippen MR) is 127 cm³/mol. The van der Waals surface area contributed by atoms with Gasteiger partial charge in [-0.15, -0.1) is 0 Å². The Bertz CT molecular complexity index is 1330. The number of nitrogens with one attached hydrogen (secondary N) is 1. The van der Waals surface area contributed by atoms with Crippen LogP contribution in [0.1, 0.15) is 11.1 Å². The first-order chi connectivity index (χ1) is 15.5. The Morgan fingerprint density at radius 1 is 1.06 bits per heavy atom. The topological polar surface area (TPSA) is 70.7 Å². The Balaban J connectivity index is 1.75. The van der Waals surface area contributed by atoms with Crippen LogP contribution in [-0.2, 0) is 4.79 Å². The van der Waals surface area contributed by atoms with Crippen LogP contribution in [0.4, 0.5) is 5.69 Å². The van der Waals surface area contributed by atoms with Gasteiger partial charge in [0.05, 0.1) is 11.4 Å². The van der Waals surface area contributed by atoms with Gasteiger partial charge in [0.1, 0.15) is 11.6 Å². The number of rotatable bonds is 5. The molecule has 1 amide bonds. The molecule has 1 heterocycles. The van der Waals surface area contributed by atoms with Crippen LogP contribution >= 0.6 is 11.6 Å². The molecule has 0 radical (unpaired) electrons. The third kappa shape index (κ3) is 4.77. The molecular weight excluding hydrogens is 420 g/mol. The number of anilines is 1. The average molecular weight is 439 g/mol. The Kier molecular flexibility index (Phi) is 6.16. The summed E-state index contributed by atoms with van der Waals surface area (Å²) in [5, 5.41) is 17.8. The molecule has 0 atom stereocenters. The Hall–Kier alpha value is -4.14. The minimum absolute atomic E-state index is 0.0191. The Labute approximate surface area is 191 Å². The molecule has 0 bridgehead atoms. The van der Waals surface area contributed by atoms with Crippen LogP contribution in [-0.4, -0.2) is 15.7 Å². The summed E-state index contributed by atoms with van der Waals surface area (Å²) < 4.78 is 1.73. The van der Waals surface area contributed by atoms with Crippen molar-refractivity contribution in [3.63, 3.8) is 0 Å². The van der Waals surface area contributed by atoms with E-state index in [9.17, 15) is 10.1 Å². The van der Waals surface area contributed by atoms with Crippen LogP contribution in [0.15, 0.2) is 90.6 Å². The fourth-order valence-electron chi connectivity index (χ4n) is 3.26. The third-order valence-electron chi connectivity index (χ3n) is 4.82. The summed E-state index contributed by atoms with van der Waals surface area (Å²) in [5.74, 6) is -0.479. The van der Waals surface area contributed by atoms with Crippen molar-refractivity contribution >= 4 is 29.3 Å². The number of para-hydroxylation sites is 1. The van der Waals surface area contributed by atoms with Gasteiger partial charge in [-0.25, -0.2) is 4.68 Å². The second kappa shape index (κ2) is 9.34. The number of benzene rings is 3. The molecule has 32 heavy (non-hydrogen) atoms. The Morgan fingerprint density at radius 3 is 2.50 bits per heavy atom. The van der Waals surface area contributed by atoms with Gasteiger partial charge in [-0.2, -0.15) is 10.4 Å². The van der Waals surface area contributed by atoms with Crippen molar-refractivity contribution in [2.24, 2.45) is 0 Å². The summed E-state index contributed by atoms with van der Waals surface area (Å²) in [5.41, 5.74) is 4.60. The van der Waals surface area contributed by atoms with E-state index in [1.165, 1.54) is 0 Å². The summed E-state index contributed by atoms with van der Waals surface area (Å²) in [4.78, 5) is 12.8. The number of carbonyl (C=O) groups is 1. The zero-order valence-electron chi connectivity index (χ0n) is 17.3. The van der Waals surface area contributed by atoms with Gasteiger partial charge < -0.3 is 5.32 Å². The molecule has 0 aliphatic carbocycles. The molecule has 1 N–H and O–H groups in total. The molecule has 5 nitrogen and oxygen atoms in total. The van der Waals surface area contributed by atoms with Crippen LogP contribution < -0.4 is 5.32 Å². The number of carbonyl (C=O) groups excluding carboxylic acids is 1. The van der Waals surface area contributed by atoms with Crippen molar-refractivity contribution in [2.75, 3.05) is 5.32 Å². The summed E-state index contributed by atoms with van der Waals surface area (Å²) in [7, 11) is 0. The van der Waals surface area contributed by atoms with E-state index >= 15 is 0 Å². The smallest absolute Gasteiger partial charge is 0.266 e. The van der Waals surface area contributed by atoms with Gasteiger partial charge >= 0.3 is 0 Å². The summed E-state index contributed by atoms with van der Waals surface area (Å²) in [6, 6.07) is 26.3. The molecule has 1 aromatic heterocycles. The van der Waals surface area contributed by atoms with E-state index < -0.39 is 5.91 Å². The number of nitriles is 1. The molecule has 0 spiro atoms. The molecule has 0 aliphatic heterocycles. The highest BCUT2D eigenvalue weighted by Gasteiger charge is 2.15. The molecular formula is C26H19ClN4O. The second-order valence-corrected chi connectivity index (χ2v) is 7.65. The fourth-order valence-corrected chi connectivity index (χ4v) is 3.39. The van der Waals surface area contributed by atoms with E-state index in [0.29, 0.717) is 22.0 Å². The molecule has 156 valence electrons. The molecule has 3 aromatic carbocycles. The Morgan fingerprint density at radius 2 is 1.81 bits per heavy atom. The molecule has 0 saturated carbocycles. The average Bonchev–Trinajstić information content (AvgIpc) is 3.22. The van der Waals surface area contributed by atoms with E-state index in [0.717, 1.165) is 16.8 Å². The molecule has 4 rings (SSSR count). The zero-order chi connectivity index (χ0) is 22.5. The number of amides is 1. The molecule has 0 fully saturated rings. The van der Waals surface area contributed by atoms with Gasteiger partial charge in [0.25, 0.3) is 5.91 Å². The first-order valence-electron chi connectivity index (χ1n) is 9.94. The SMILES string of the molecule is Cc1cccc(NC(=O)/C(C#N)=C/c2cn(-c3ccccc3)nc2-c2ccc(Cl)cc2)c1. The van der Waals surface area contributed by atoms with E-state index in [2.05, 4.69) is 5.32 Å². The van der Waals surface area contributed by atoms with E-state index in [1.807, 2.05) is 73.7 Å². The number of halogens is 1. The third-order valence-corrected chi connectivity index (χ3v) is 5.07. The lowest BCUT2D eigenvalue weighted by Crippen LogP contribution is -2.13. The fraction of sp³-hybridized carbons (Fsp3) is 0.0385. The largest absolute Gasteiger partial charge is 0.321 e. The molecule has 4 aromatic rings. The van der Waals surface area contributed by atoms with Gasteiger partial charge in [0.2, 0.25) is 0 Å². The van der Waals surface area contributed by atoms with Crippen molar-refractivity contribution < 1.29 is 4.79 Å². The lowest BCUT2D eigenvalue weighted by molar-refractivity contribution is -0.112. The number of aromatic nitrogens is 2. The minimum Gasteiger partial charge on any atom is -0.321 e. The van der Waals surface area contributed by atoms with Crippen LogP contribution in [0.3, 0.4) is 0 Å². The predicted octanol–water partition coefficient (Wildman–Crippen LogP) is 6.05. The standard InChI is InChI=1S/C26H19ClN4O/c1-18-6-5-7-23(14-18)29-26(32)20(16-28)15-21-17-31(24-8-3-2-4-9-24)30-25(21)19-10-12-22(27)13-11-19/h2-15,17H,1H3,(H,29,32)/b20-15+. The zero-order valence-corrected chi connectivity index (χ0v) is 18.0. The highest BCUT2D eigenvalue weighted by molar-refractivity contribution is 6.30. The van der Waals surface area contributed by atoms with Crippen LogP contribution in [0, 0.1) is 18.3 Å². The quantitative estimate of drug-likeness (QED) is 0.304. The maximum atomic E-state index is 12.8. The van der Waals surface area contributed by atoms with Crippen molar-refractivity contribution in [1.29, 1.82) is 5.26 Å². The van der Waals surface area contributed by atoms with Crippen molar-refractivity contribution in [2.45, 2.75) is 6.92 Å². The number of aryl methyl sites for hydroxylation is 1. The van der Waals surface area contributed by atoms with Crippen LogP contribution in [0.5, 0.6) is 0 Å². The maximum absolute atomic E-state index is 12.8. The number of nitrogens with zero attached hydrogens (tertiary/aromatic N) is 3. The van der Waals surface area contributed by atoms with Crippen molar-refractivity contribution in [3.8, 4) is 23.0 Å². The van der Waals surface area contributed by atoms with E-state index in [1.54, 1.807) is 35.2 Å². The summed E-state index contributed by atoms with van der Waals surface area (Å²) >= 11 is 6.04. The van der Waals surface area contributed by atoms with Crippen LogP contribution in [0.2, 0.25) is 5.02 Å². The monoisotopic (exact) mass is 438 g/mol. The van der Waals surface area contributed by atoms with Gasteiger partial charge in [-0.1, -0.05) is 54.1 Å². The second-order valence-electron chi connectivity index (χ2n) is 7.21. The molecule has 0 saturated heterocycles. The maximum Gasteiger partial charge on any atom is 0.266 e. The minimum atomic E-state index is -0.479. The summed E-state index contributed by atoms with van der Waals surface area (Å²) in [6.07, 6.45) is 3.36. The van der Waals surface area contributed by atoms with Gasteiger partial charge in [-0.05, 0) is 55.0 Å². The van der Waals surface area contributed by atoms with Crippen molar-refractivity contribution in [3.05, 3.63) is 107 Å². The lowest BCUT2D eigenvalue weighted by Gasteiger charge is -2.05. The van der Waals surface area contributed by atoms with E-state index in [4.69, 9.17) is 16.7 Å². The van der Waals surface area contributed by atoms with Gasteiger partial charge in [0, 0.05) is 28.0 Å². The van der Waals surface area contributed by atoms with Gasteiger partial charge in [0.15, 0.2) is 0 Å². The first kappa shape index (κ1) is 21.1. The van der Waals surface area contributed by atoms with E-state index in [-0.39, 0.29) is 5.57 Å². The molecule has 6 heteroatoms. The molecule has 0 aliphatic rings. The van der Waals surface area contributed by atoms with Crippen molar-refractivity contribution in [1.82, 2.24) is 9.78 Å². The van der Waals surface area contributed by atoms with Crippen LogP contribution in [0.25, 0.3) is 23.0 Å². The number of hydrogen-bond donors (Lipinski definition) is 1. The highest BCUT2D eigenvalue weighted by atomic mass is 35.5. The van der Waals surface area contributed by atoms with Gasteiger partial charge in [-0.3, -0.25) is 4.79 Å². The highest BCUT2D eigenvalue weighted by Crippen LogP contribution is 2.27. The summed E-state index contributed by atoms with van der Waals surface area (Å²) in [6.45, 7) is 1.94. The lowest BCUT2D eigenvalue weighted by atomic mass is 10.1.